The van der Waals surface area contributed by atoms with Crippen LogP contribution in [0.15, 0.2) is 35.2 Å². The van der Waals surface area contributed by atoms with E-state index in [1.807, 2.05) is 0 Å². The van der Waals surface area contributed by atoms with Gasteiger partial charge in [0.05, 0.1) is 4.90 Å². The molecule has 25 heavy (non-hydrogen) atoms. The van der Waals surface area contributed by atoms with Gasteiger partial charge < -0.3 is 10.6 Å². The number of hydrogen-bond acceptors (Lipinski definition) is 4. The van der Waals surface area contributed by atoms with Gasteiger partial charge in [0.1, 0.15) is 0 Å². The summed E-state index contributed by atoms with van der Waals surface area (Å²) in [5.74, 6) is 0.146. The van der Waals surface area contributed by atoms with Crippen LogP contribution in [0, 0.1) is 5.92 Å². The molecule has 2 fully saturated rings. The van der Waals surface area contributed by atoms with Gasteiger partial charge in [-0.1, -0.05) is 24.6 Å². The van der Waals surface area contributed by atoms with Gasteiger partial charge in [0, 0.05) is 38.1 Å². The molecule has 1 heterocycles. The van der Waals surface area contributed by atoms with Gasteiger partial charge in [0.15, 0.2) is 0 Å². The maximum atomic E-state index is 12.6. The van der Waals surface area contributed by atoms with Crippen LogP contribution in [-0.4, -0.2) is 55.8 Å². The lowest BCUT2D eigenvalue weighted by Gasteiger charge is -2.37. The Morgan fingerprint density at radius 1 is 1.04 bits per heavy atom. The predicted molar refractivity (Wildman–Crippen MR) is 99.0 cm³/mol. The van der Waals surface area contributed by atoms with Gasteiger partial charge in [-0.25, -0.2) is 8.42 Å². The fraction of sp³-hybridized carbons (Fsp3) is 0.588. The Morgan fingerprint density at radius 2 is 1.68 bits per heavy atom. The lowest BCUT2D eigenvalue weighted by Crippen LogP contribution is -2.52. The molecular weight excluding hydrogens is 362 g/mol. The Morgan fingerprint density at radius 3 is 2.28 bits per heavy atom. The first-order valence-electron chi connectivity index (χ1n) is 8.58. The van der Waals surface area contributed by atoms with Crippen LogP contribution in [0.1, 0.15) is 25.7 Å². The van der Waals surface area contributed by atoms with E-state index < -0.39 is 10.0 Å². The normalized spacial score (nSPS) is 25.2. The third-order valence-corrected chi connectivity index (χ3v) is 6.91. The summed E-state index contributed by atoms with van der Waals surface area (Å²) in [6.07, 6.45) is 3.64. The van der Waals surface area contributed by atoms with Crippen LogP contribution in [0.4, 0.5) is 0 Å². The Hall–Kier alpha value is -1.15. The number of nitrogens with two attached hydrogens (primary N) is 1. The molecule has 0 aromatic heterocycles. The van der Waals surface area contributed by atoms with E-state index in [1.165, 1.54) is 4.31 Å². The number of carbonyl (C=O) groups is 1. The van der Waals surface area contributed by atoms with E-state index in [1.54, 1.807) is 35.2 Å². The standard InChI is InChI=1S/C17H25N3O3S.ClH/c18-15-6-4-5-14(13-15)17(21)19-9-11-20(12-10-19)24(22,23)16-7-2-1-3-8-16;/h1-3,7-8,14-15H,4-6,9-13,18H2;1H. The molecule has 2 unspecified atom stereocenters. The van der Waals surface area contributed by atoms with Crippen LogP contribution in [0.2, 0.25) is 0 Å². The van der Waals surface area contributed by atoms with Crippen LogP contribution in [0.5, 0.6) is 0 Å². The van der Waals surface area contributed by atoms with Crippen LogP contribution in [0.3, 0.4) is 0 Å². The molecule has 2 N–H and O–H groups in total. The molecule has 140 valence electrons. The summed E-state index contributed by atoms with van der Waals surface area (Å²) in [5, 5.41) is 0. The first-order chi connectivity index (χ1) is 11.5. The monoisotopic (exact) mass is 387 g/mol. The third-order valence-electron chi connectivity index (χ3n) is 5.00. The molecule has 2 atom stereocenters. The Kier molecular flexibility index (Phi) is 6.85. The second-order valence-electron chi connectivity index (χ2n) is 6.67. The van der Waals surface area contributed by atoms with Crippen molar-refractivity contribution in [3.05, 3.63) is 30.3 Å². The molecule has 1 aliphatic carbocycles. The van der Waals surface area contributed by atoms with Crippen LogP contribution >= 0.6 is 12.4 Å². The van der Waals surface area contributed by atoms with E-state index in [-0.39, 0.29) is 30.3 Å². The zero-order valence-corrected chi connectivity index (χ0v) is 15.8. The van der Waals surface area contributed by atoms with Crippen LogP contribution < -0.4 is 5.73 Å². The fourth-order valence-electron chi connectivity index (χ4n) is 3.60. The highest BCUT2D eigenvalue weighted by molar-refractivity contribution is 7.89. The Bertz CT molecular complexity index is 676. The Balaban J connectivity index is 0.00000225. The molecule has 1 aliphatic heterocycles. The third kappa shape index (κ3) is 4.53. The van der Waals surface area contributed by atoms with Crippen molar-refractivity contribution in [2.24, 2.45) is 11.7 Å². The molecule has 1 saturated carbocycles. The highest BCUT2D eigenvalue weighted by Crippen LogP contribution is 2.26. The summed E-state index contributed by atoms with van der Waals surface area (Å²) in [7, 11) is -3.47. The van der Waals surface area contributed by atoms with Gasteiger partial charge in [-0.3, -0.25) is 4.79 Å². The quantitative estimate of drug-likeness (QED) is 0.850. The van der Waals surface area contributed by atoms with E-state index >= 15 is 0 Å². The fourth-order valence-corrected chi connectivity index (χ4v) is 5.04. The molecule has 0 bridgehead atoms. The number of hydrogen-bond donors (Lipinski definition) is 1. The summed E-state index contributed by atoms with van der Waals surface area (Å²) in [4.78, 5) is 14.7. The minimum Gasteiger partial charge on any atom is -0.340 e. The van der Waals surface area contributed by atoms with E-state index in [0.717, 1.165) is 25.7 Å². The molecule has 1 saturated heterocycles. The summed E-state index contributed by atoms with van der Waals surface area (Å²) >= 11 is 0. The molecule has 0 radical (unpaired) electrons. The number of amides is 1. The van der Waals surface area contributed by atoms with Crippen molar-refractivity contribution in [1.29, 1.82) is 0 Å². The molecule has 8 heteroatoms. The first kappa shape index (κ1) is 20.2. The lowest BCUT2D eigenvalue weighted by molar-refractivity contribution is -0.137. The lowest BCUT2D eigenvalue weighted by atomic mass is 9.85. The number of carbonyl (C=O) groups excluding carboxylic acids is 1. The topological polar surface area (TPSA) is 83.7 Å². The van der Waals surface area contributed by atoms with Gasteiger partial charge in [-0.15, -0.1) is 12.4 Å². The summed E-state index contributed by atoms with van der Waals surface area (Å²) in [5.41, 5.74) is 5.98. The zero-order chi connectivity index (χ0) is 17.2. The molecular formula is C17H26ClN3O3S. The van der Waals surface area contributed by atoms with Crippen molar-refractivity contribution in [3.8, 4) is 0 Å². The summed E-state index contributed by atoms with van der Waals surface area (Å²) in [6.45, 7) is 1.61. The predicted octanol–water partition coefficient (Wildman–Crippen LogP) is 1.46. The molecule has 3 rings (SSSR count). The highest BCUT2D eigenvalue weighted by atomic mass is 35.5. The molecule has 1 amide bonds. The van der Waals surface area contributed by atoms with Crippen molar-refractivity contribution >= 4 is 28.3 Å². The van der Waals surface area contributed by atoms with Gasteiger partial charge in [-0.2, -0.15) is 4.31 Å². The molecule has 6 nitrogen and oxygen atoms in total. The van der Waals surface area contributed by atoms with Crippen molar-refractivity contribution in [1.82, 2.24) is 9.21 Å². The highest BCUT2D eigenvalue weighted by Gasteiger charge is 2.33. The number of rotatable bonds is 3. The summed E-state index contributed by atoms with van der Waals surface area (Å²) < 4.78 is 26.7. The average molecular weight is 388 g/mol. The van der Waals surface area contributed by atoms with Crippen molar-refractivity contribution < 1.29 is 13.2 Å². The van der Waals surface area contributed by atoms with Gasteiger partial charge in [-0.05, 0) is 31.4 Å². The van der Waals surface area contributed by atoms with Crippen molar-refractivity contribution in [2.75, 3.05) is 26.2 Å². The minimum absolute atomic E-state index is 0. The first-order valence-corrected chi connectivity index (χ1v) is 10.0. The minimum atomic E-state index is -3.47. The Labute approximate surface area is 155 Å². The maximum absolute atomic E-state index is 12.6. The average Bonchev–Trinajstić information content (AvgIpc) is 2.62. The van der Waals surface area contributed by atoms with Gasteiger partial charge in [0.2, 0.25) is 15.9 Å². The van der Waals surface area contributed by atoms with E-state index in [4.69, 9.17) is 5.73 Å². The number of nitrogens with zero attached hydrogens (tertiary/aromatic N) is 2. The van der Waals surface area contributed by atoms with Crippen molar-refractivity contribution in [2.45, 2.75) is 36.6 Å². The molecule has 1 aromatic rings. The zero-order valence-electron chi connectivity index (χ0n) is 14.2. The van der Waals surface area contributed by atoms with Crippen molar-refractivity contribution in [3.63, 3.8) is 0 Å². The van der Waals surface area contributed by atoms with E-state index in [0.29, 0.717) is 31.1 Å². The second kappa shape index (κ2) is 8.49. The molecule has 2 aliphatic rings. The summed E-state index contributed by atoms with van der Waals surface area (Å²) in [6, 6.07) is 8.57. The van der Waals surface area contributed by atoms with E-state index in [2.05, 4.69) is 0 Å². The molecule has 0 spiro atoms. The van der Waals surface area contributed by atoms with Crippen LogP contribution in [-0.2, 0) is 14.8 Å². The van der Waals surface area contributed by atoms with Crippen LogP contribution in [0.25, 0.3) is 0 Å². The van der Waals surface area contributed by atoms with E-state index in [9.17, 15) is 13.2 Å². The number of halogens is 1. The largest absolute Gasteiger partial charge is 0.340 e. The SMILES string of the molecule is Cl.NC1CCCC(C(=O)N2CCN(S(=O)(=O)c3ccccc3)CC2)C1. The van der Waals surface area contributed by atoms with Gasteiger partial charge >= 0.3 is 0 Å². The second-order valence-corrected chi connectivity index (χ2v) is 8.60. The number of piperazine rings is 1. The van der Waals surface area contributed by atoms with Gasteiger partial charge in [0.25, 0.3) is 0 Å². The maximum Gasteiger partial charge on any atom is 0.243 e. The number of benzene rings is 1. The molecule has 1 aromatic carbocycles. The smallest absolute Gasteiger partial charge is 0.243 e. The number of sulfonamides is 1.